The second kappa shape index (κ2) is 11.2. The summed E-state index contributed by atoms with van der Waals surface area (Å²) in [6, 6.07) is 57.6. The van der Waals surface area contributed by atoms with Crippen LogP contribution in [-0.4, -0.2) is 19.4 Å². The number of hydrogen-bond acceptors (Lipinski definition) is 2. The van der Waals surface area contributed by atoms with Gasteiger partial charge in [0.15, 0.2) is 0 Å². The van der Waals surface area contributed by atoms with Crippen LogP contribution in [0.15, 0.2) is 164 Å². The molecule has 0 N–H and O–H groups in total. The third-order valence-corrected chi connectivity index (χ3v) is 12.5. The van der Waals surface area contributed by atoms with Crippen molar-refractivity contribution in [3.8, 4) is 33.4 Å². The molecule has 4 heteroatoms. The summed E-state index contributed by atoms with van der Waals surface area (Å²) in [6.07, 6.45) is 0. The molecule has 10 aromatic rings. The van der Waals surface area contributed by atoms with Crippen molar-refractivity contribution >= 4 is 82.6 Å². The molecule has 0 fully saturated rings. The molecule has 10 rings (SSSR count). The number of nitro benzene ring substituents is 1. The number of rotatable bonds is 4. The quantitative estimate of drug-likeness (QED) is 0.0792. The van der Waals surface area contributed by atoms with Crippen LogP contribution in [0, 0.1) is 10.1 Å². The summed E-state index contributed by atoms with van der Waals surface area (Å²) >= 11 is 0.0959. The van der Waals surface area contributed by atoms with E-state index in [9.17, 15) is 10.1 Å². The van der Waals surface area contributed by atoms with Crippen molar-refractivity contribution in [3.63, 3.8) is 0 Å². The minimum absolute atomic E-state index is 0.0959. The Morgan fingerprint density at radius 2 is 0.880 bits per heavy atom. The Morgan fingerprint density at radius 3 is 1.44 bits per heavy atom. The van der Waals surface area contributed by atoms with Gasteiger partial charge in [-0.3, -0.25) is 0 Å². The van der Waals surface area contributed by atoms with Crippen LogP contribution in [0.4, 0.5) is 5.69 Å². The van der Waals surface area contributed by atoms with Gasteiger partial charge in [0, 0.05) is 0 Å². The molecule has 1 aromatic heterocycles. The SMILES string of the molecule is O=[N+]([O-])c1c2ccccc2c(-c2ccc3c(c2)[se]c2cccc(-c4c5ccccc5c(-c5ccccc5)c5ccccc45)c23)c2ccccc12. The number of benzene rings is 9. The predicted octanol–water partition coefficient (Wildman–Crippen LogP) is 12.6. The van der Waals surface area contributed by atoms with E-state index < -0.39 is 0 Å². The van der Waals surface area contributed by atoms with Gasteiger partial charge in [0.1, 0.15) is 0 Å². The number of hydrogen-bond donors (Lipinski definition) is 0. The van der Waals surface area contributed by atoms with Gasteiger partial charge in [-0.1, -0.05) is 0 Å². The topological polar surface area (TPSA) is 43.1 Å². The van der Waals surface area contributed by atoms with Gasteiger partial charge in [0.2, 0.25) is 0 Å². The molecule has 0 saturated carbocycles. The molecular weight excluding hydrogens is 677 g/mol. The molecule has 0 atom stereocenters. The molecule has 50 heavy (non-hydrogen) atoms. The van der Waals surface area contributed by atoms with Crippen LogP contribution in [-0.2, 0) is 0 Å². The van der Waals surface area contributed by atoms with Gasteiger partial charge in [-0.25, -0.2) is 0 Å². The van der Waals surface area contributed by atoms with Crippen molar-refractivity contribution in [3.05, 3.63) is 174 Å². The van der Waals surface area contributed by atoms with Crippen LogP contribution in [0.25, 0.3) is 95.8 Å². The Bertz CT molecular complexity index is 2900. The van der Waals surface area contributed by atoms with Crippen molar-refractivity contribution < 1.29 is 4.92 Å². The molecular formula is C46H27NO2Se. The summed E-state index contributed by atoms with van der Waals surface area (Å²) in [7, 11) is 0. The van der Waals surface area contributed by atoms with Crippen LogP contribution in [0.1, 0.15) is 0 Å². The zero-order chi connectivity index (χ0) is 33.3. The van der Waals surface area contributed by atoms with Crippen molar-refractivity contribution in [2.45, 2.75) is 0 Å². The molecule has 0 aliphatic heterocycles. The predicted molar refractivity (Wildman–Crippen MR) is 211 cm³/mol. The Kier molecular flexibility index (Phi) is 6.50. The van der Waals surface area contributed by atoms with E-state index >= 15 is 0 Å². The average molecular weight is 705 g/mol. The second-order valence-electron chi connectivity index (χ2n) is 12.8. The molecule has 0 radical (unpaired) electrons. The number of nitrogens with zero attached hydrogens (tertiary/aromatic N) is 1. The molecule has 1 heterocycles. The van der Waals surface area contributed by atoms with E-state index in [1.807, 2.05) is 48.5 Å². The van der Waals surface area contributed by atoms with Crippen LogP contribution in [0.5, 0.6) is 0 Å². The van der Waals surface area contributed by atoms with E-state index in [1.54, 1.807) is 0 Å². The summed E-state index contributed by atoms with van der Waals surface area (Å²) < 4.78 is 2.71. The molecule has 0 amide bonds. The number of non-ortho nitro benzene ring substituents is 1. The monoisotopic (exact) mass is 705 g/mol. The maximum absolute atomic E-state index is 12.4. The third kappa shape index (κ3) is 4.23. The Morgan fingerprint density at radius 1 is 0.400 bits per heavy atom. The Labute approximate surface area is 293 Å². The van der Waals surface area contributed by atoms with Gasteiger partial charge in [-0.05, 0) is 0 Å². The summed E-state index contributed by atoms with van der Waals surface area (Å²) in [4.78, 5) is 12.1. The summed E-state index contributed by atoms with van der Waals surface area (Å²) in [6.45, 7) is 0. The van der Waals surface area contributed by atoms with E-state index in [2.05, 4.69) is 115 Å². The zero-order valence-corrected chi connectivity index (χ0v) is 28.5. The fourth-order valence-electron chi connectivity index (χ4n) is 8.14. The van der Waals surface area contributed by atoms with Gasteiger partial charge < -0.3 is 0 Å². The van der Waals surface area contributed by atoms with E-state index in [1.165, 1.54) is 63.1 Å². The van der Waals surface area contributed by atoms with Crippen molar-refractivity contribution in [1.29, 1.82) is 0 Å². The molecule has 0 unspecified atom stereocenters. The van der Waals surface area contributed by atoms with E-state index in [0.717, 1.165) is 21.9 Å². The first kappa shape index (κ1) is 28.9. The van der Waals surface area contributed by atoms with Crippen molar-refractivity contribution in [2.75, 3.05) is 0 Å². The van der Waals surface area contributed by atoms with Crippen LogP contribution in [0.3, 0.4) is 0 Å². The standard InChI is InChI=1S/C46H27NO2Se/c48-47(49)46-36-21-10-8-19-34(36)43(35-20-9-11-22-37(35)46)29-25-26-38-41(27-29)50-40-24-12-23-39(45(38)40)44-32-17-6-4-15-30(32)42(28-13-2-1-3-14-28)31-16-5-7-18-33(31)44/h1-27H. The second-order valence-corrected chi connectivity index (χ2v) is 15.0. The third-order valence-electron chi connectivity index (χ3n) is 10.1. The zero-order valence-electron chi connectivity index (χ0n) is 26.8. The van der Waals surface area contributed by atoms with Crippen molar-refractivity contribution in [2.24, 2.45) is 0 Å². The minimum atomic E-state index is -0.238. The van der Waals surface area contributed by atoms with Gasteiger partial charge in [-0.15, -0.1) is 0 Å². The van der Waals surface area contributed by atoms with Gasteiger partial charge in [0.25, 0.3) is 0 Å². The fourth-order valence-corrected chi connectivity index (χ4v) is 10.6. The molecule has 3 nitrogen and oxygen atoms in total. The fraction of sp³-hybridized carbons (Fsp3) is 0. The normalized spacial score (nSPS) is 11.8. The molecule has 9 aromatic carbocycles. The molecule has 0 spiro atoms. The molecule has 234 valence electrons. The average Bonchev–Trinajstić information content (AvgIpc) is 3.54. The van der Waals surface area contributed by atoms with Crippen LogP contribution in [0.2, 0.25) is 0 Å². The van der Waals surface area contributed by atoms with Gasteiger partial charge in [-0.2, -0.15) is 0 Å². The number of nitro groups is 1. The molecule has 0 saturated heterocycles. The van der Waals surface area contributed by atoms with Gasteiger partial charge in [0.05, 0.1) is 0 Å². The Hall–Kier alpha value is -6.06. The first-order valence-corrected chi connectivity index (χ1v) is 18.4. The molecule has 0 aliphatic carbocycles. The summed E-state index contributed by atoms with van der Waals surface area (Å²) in [5.41, 5.74) is 7.32. The summed E-state index contributed by atoms with van der Waals surface area (Å²) in [5.74, 6) is 0. The molecule has 0 aliphatic rings. The first-order valence-electron chi connectivity index (χ1n) is 16.7. The number of fused-ring (bicyclic) bond motifs is 7. The van der Waals surface area contributed by atoms with E-state index in [-0.39, 0.29) is 25.1 Å². The Balaban J connectivity index is 1.27. The summed E-state index contributed by atoms with van der Waals surface area (Å²) in [5, 5.41) is 23.1. The van der Waals surface area contributed by atoms with Crippen molar-refractivity contribution in [1.82, 2.24) is 0 Å². The maximum atomic E-state index is 12.4. The first-order chi connectivity index (χ1) is 24.7. The molecule has 0 bridgehead atoms. The van der Waals surface area contributed by atoms with E-state index in [0.29, 0.717) is 10.8 Å². The van der Waals surface area contributed by atoms with E-state index in [4.69, 9.17) is 0 Å². The van der Waals surface area contributed by atoms with Crippen LogP contribution >= 0.6 is 0 Å². The van der Waals surface area contributed by atoms with Gasteiger partial charge >= 0.3 is 295 Å². The van der Waals surface area contributed by atoms with Crippen LogP contribution < -0.4 is 0 Å².